The highest BCUT2D eigenvalue weighted by Gasteiger charge is 2.01. The molecule has 0 radical (unpaired) electrons. The summed E-state index contributed by atoms with van der Waals surface area (Å²) in [5.74, 6) is 3.21. The number of halogens is 3. The van der Waals surface area contributed by atoms with Crippen LogP contribution in [0.1, 0.15) is 12.0 Å². The summed E-state index contributed by atoms with van der Waals surface area (Å²) < 4.78 is 0. The Morgan fingerprint density at radius 2 is 2.10 bits per heavy atom. The normalized spacial score (nSPS) is 10.4. The van der Waals surface area contributed by atoms with Gasteiger partial charge in [0, 0.05) is 23.6 Å². The Bertz CT molecular complexity index is 484. The minimum absolute atomic E-state index is 0. The van der Waals surface area contributed by atoms with Crippen LogP contribution >= 0.6 is 47.2 Å². The number of aliphatic imine (C=N–C) groups is 1. The van der Waals surface area contributed by atoms with E-state index in [2.05, 4.69) is 21.5 Å². The third-order valence-electron chi connectivity index (χ3n) is 2.51. The van der Waals surface area contributed by atoms with E-state index in [9.17, 15) is 0 Å². The number of nitrogens with one attached hydrogen (secondary N) is 2. The molecule has 1 rings (SSSR count). The van der Waals surface area contributed by atoms with Gasteiger partial charge in [0.25, 0.3) is 0 Å². The van der Waals surface area contributed by atoms with Crippen LogP contribution in [0.2, 0.25) is 10.0 Å². The predicted molar refractivity (Wildman–Crippen MR) is 98.4 cm³/mol. The van der Waals surface area contributed by atoms with Crippen molar-refractivity contribution < 1.29 is 0 Å². The van der Waals surface area contributed by atoms with Gasteiger partial charge in [-0.05, 0) is 30.5 Å². The molecule has 0 aliphatic rings. The summed E-state index contributed by atoms with van der Waals surface area (Å²) in [5.41, 5.74) is 1.10. The first-order valence-corrected chi connectivity index (χ1v) is 6.75. The Kier molecular flexibility index (Phi) is 10.7. The summed E-state index contributed by atoms with van der Waals surface area (Å²) in [6, 6.07) is 5.57. The van der Waals surface area contributed by atoms with E-state index in [1.54, 1.807) is 13.1 Å². The molecule has 110 valence electrons. The number of hydrogen-bond acceptors (Lipinski definition) is 1. The fourth-order valence-corrected chi connectivity index (χ4v) is 2.07. The highest BCUT2D eigenvalue weighted by molar-refractivity contribution is 14.0. The standard InChI is InChI=1S/C14H17Cl2N3.HI/c1-3-8-18-14(17-2)19-9-4-5-11-6-7-12(15)10-13(11)16;/h1,6-7,10H,4-5,8-9H2,2H3,(H2,17,18,19);1H. The lowest BCUT2D eigenvalue weighted by Gasteiger charge is -2.10. The van der Waals surface area contributed by atoms with E-state index in [1.165, 1.54) is 0 Å². The maximum atomic E-state index is 6.10. The highest BCUT2D eigenvalue weighted by Crippen LogP contribution is 2.21. The van der Waals surface area contributed by atoms with Crippen molar-refractivity contribution in [3.8, 4) is 12.3 Å². The number of terminal acetylenes is 1. The summed E-state index contributed by atoms with van der Waals surface area (Å²) in [6.07, 6.45) is 7.00. The van der Waals surface area contributed by atoms with Crippen LogP contribution in [0.15, 0.2) is 23.2 Å². The SMILES string of the molecule is C#CCNC(=NC)NCCCc1ccc(Cl)cc1Cl.I. The van der Waals surface area contributed by atoms with Crippen LogP contribution in [-0.2, 0) is 6.42 Å². The molecule has 0 heterocycles. The van der Waals surface area contributed by atoms with Gasteiger partial charge in [-0.1, -0.05) is 35.2 Å². The Balaban J connectivity index is 0.00000361. The molecule has 0 amide bonds. The summed E-state index contributed by atoms with van der Waals surface area (Å²) >= 11 is 12.0. The molecule has 0 aliphatic carbocycles. The largest absolute Gasteiger partial charge is 0.356 e. The summed E-state index contributed by atoms with van der Waals surface area (Å²) in [7, 11) is 1.71. The summed E-state index contributed by atoms with van der Waals surface area (Å²) in [4.78, 5) is 4.05. The molecule has 0 saturated heterocycles. The molecule has 0 fully saturated rings. The molecule has 0 saturated carbocycles. The molecule has 0 aliphatic heterocycles. The smallest absolute Gasteiger partial charge is 0.191 e. The quantitative estimate of drug-likeness (QED) is 0.249. The van der Waals surface area contributed by atoms with Gasteiger partial charge in [-0.25, -0.2) is 0 Å². The molecule has 1 aromatic carbocycles. The molecule has 0 unspecified atom stereocenters. The zero-order valence-electron chi connectivity index (χ0n) is 11.2. The first kappa shape index (κ1) is 19.4. The van der Waals surface area contributed by atoms with E-state index in [4.69, 9.17) is 29.6 Å². The zero-order valence-corrected chi connectivity index (χ0v) is 15.1. The van der Waals surface area contributed by atoms with E-state index in [0.717, 1.165) is 24.9 Å². The highest BCUT2D eigenvalue weighted by atomic mass is 127. The Morgan fingerprint density at radius 1 is 1.35 bits per heavy atom. The molecule has 6 heteroatoms. The Hall–Kier alpha value is -0.640. The van der Waals surface area contributed by atoms with Crippen molar-refractivity contribution in [3.05, 3.63) is 33.8 Å². The Labute approximate surface area is 147 Å². The maximum absolute atomic E-state index is 6.10. The second kappa shape index (κ2) is 11.1. The monoisotopic (exact) mass is 425 g/mol. The average molecular weight is 426 g/mol. The van der Waals surface area contributed by atoms with Gasteiger partial charge in [-0.2, -0.15) is 0 Å². The molecule has 0 bridgehead atoms. The van der Waals surface area contributed by atoms with Crippen molar-refractivity contribution in [1.29, 1.82) is 0 Å². The molecule has 0 atom stereocenters. The molecular formula is C14H18Cl2IN3. The number of rotatable bonds is 5. The van der Waals surface area contributed by atoms with Gasteiger partial charge in [-0.15, -0.1) is 30.4 Å². The van der Waals surface area contributed by atoms with E-state index < -0.39 is 0 Å². The van der Waals surface area contributed by atoms with Crippen molar-refractivity contribution in [1.82, 2.24) is 10.6 Å². The number of nitrogens with zero attached hydrogens (tertiary/aromatic N) is 1. The summed E-state index contributed by atoms with van der Waals surface area (Å²) in [5, 5.41) is 7.54. The van der Waals surface area contributed by atoms with Gasteiger partial charge in [0.15, 0.2) is 5.96 Å². The van der Waals surface area contributed by atoms with E-state index in [1.807, 2.05) is 12.1 Å². The van der Waals surface area contributed by atoms with Gasteiger partial charge in [-0.3, -0.25) is 4.99 Å². The molecule has 0 spiro atoms. The lowest BCUT2D eigenvalue weighted by Crippen LogP contribution is -2.37. The number of guanidine groups is 1. The number of hydrogen-bond donors (Lipinski definition) is 2. The molecule has 2 N–H and O–H groups in total. The van der Waals surface area contributed by atoms with Crippen molar-refractivity contribution in [3.63, 3.8) is 0 Å². The maximum Gasteiger partial charge on any atom is 0.191 e. The second-order valence-electron chi connectivity index (χ2n) is 3.90. The van der Waals surface area contributed by atoms with Crippen molar-refractivity contribution in [2.45, 2.75) is 12.8 Å². The molecular weight excluding hydrogens is 408 g/mol. The first-order chi connectivity index (χ1) is 9.17. The lowest BCUT2D eigenvalue weighted by atomic mass is 10.1. The van der Waals surface area contributed by atoms with Crippen LogP contribution < -0.4 is 10.6 Å². The summed E-state index contributed by atoms with van der Waals surface area (Å²) in [6.45, 7) is 1.26. The molecule has 0 aromatic heterocycles. The number of benzene rings is 1. The molecule has 1 aromatic rings. The van der Waals surface area contributed by atoms with Crippen LogP contribution in [0.3, 0.4) is 0 Å². The zero-order chi connectivity index (χ0) is 14.1. The minimum Gasteiger partial charge on any atom is -0.356 e. The van der Waals surface area contributed by atoms with E-state index >= 15 is 0 Å². The third-order valence-corrected chi connectivity index (χ3v) is 3.10. The van der Waals surface area contributed by atoms with Gasteiger partial charge in [0.1, 0.15) is 0 Å². The first-order valence-electron chi connectivity index (χ1n) is 5.99. The van der Waals surface area contributed by atoms with Gasteiger partial charge < -0.3 is 10.6 Å². The second-order valence-corrected chi connectivity index (χ2v) is 4.74. The topological polar surface area (TPSA) is 36.4 Å². The fraction of sp³-hybridized carbons (Fsp3) is 0.357. The minimum atomic E-state index is 0. The number of aryl methyl sites for hydroxylation is 1. The van der Waals surface area contributed by atoms with Gasteiger partial charge >= 0.3 is 0 Å². The van der Waals surface area contributed by atoms with Crippen LogP contribution in [0.5, 0.6) is 0 Å². The fourth-order valence-electron chi connectivity index (χ4n) is 1.57. The van der Waals surface area contributed by atoms with E-state index in [-0.39, 0.29) is 24.0 Å². The predicted octanol–water partition coefficient (Wildman–Crippen LogP) is 3.34. The van der Waals surface area contributed by atoms with Crippen molar-refractivity contribution in [2.75, 3.05) is 20.1 Å². The van der Waals surface area contributed by atoms with Crippen LogP contribution in [-0.4, -0.2) is 26.1 Å². The average Bonchev–Trinajstić information content (AvgIpc) is 2.40. The molecule has 3 nitrogen and oxygen atoms in total. The van der Waals surface area contributed by atoms with Gasteiger partial charge in [0.2, 0.25) is 0 Å². The van der Waals surface area contributed by atoms with Crippen molar-refractivity contribution >= 4 is 53.1 Å². The molecule has 20 heavy (non-hydrogen) atoms. The van der Waals surface area contributed by atoms with Crippen molar-refractivity contribution in [2.24, 2.45) is 4.99 Å². The Morgan fingerprint density at radius 3 is 2.70 bits per heavy atom. The van der Waals surface area contributed by atoms with E-state index in [0.29, 0.717) is 22.5 Å². The van der Waals surface area contributed by atoms with Crippen LogP contribution in [0.25, 0.3) is 0 Å². The van der Waals surface area contributed by atoms with Gasteiger partial charge in [0.05, 0.1) is 6.54 Å². The third kappa shape index (κ3) is 7.22. The lowest BCUT2D eigenvalue weighted by molar-refractivity contribution is 0.754. The van der Waals surface area contributed by atoms with Crippen LogP contribution in [0.4, 0.5) is 0 Å². The van der Waals surface area contributed by atoms with Crippen LogP contribution in [0, 0.1) is 12.3 Å².